The van der Waals surface area contributed by atoms with Crippen molar-refractivity contribution in [3.05, 3.63) is 6.92 Å². The van der Waals surface area contributed by atoms with Gasteiger partial charge in [-0.15, -0.1) is 0 Å². The summed E-state index contributed by atoms with van der Waals surface area (Å²) >= 11 is 0. The van der Waals surface area contributed by atoms with Crippen LogP contribution >= 0.6 is 0 Å². The molecule has 0 bridgehead atoms. The Hall–Kier alpha value is 0.870. The molecule has 0 spiro atoms. The summed E-state index contributed by atoms with van der Waals surface area (Å²) in [5.74, 6) is 0. The molecule has 0 unspecified atom stereocenters. The third kappa shape index (κ3) is 52.6. The van der Waals surface area contributed by atoms with Crippen LogP contribution in [0.3, 0.4) is 0 Å². The van der Waals surface area contributed by atoms with Crippen molar-refractivity contribution < 1.29 is 47.1 Å². The minimum absolute atomic E-state index is 0. The summed E-state index contributed by atoms with van der Waals surface area (Å²) in [5.41, 5.74) is 0. The van der Waals surface area contributed by atoms with Crippen molar-refractivity contribution in [2.24, 2.45) is 0 Å². The van der Waals surface area contributed by atoms with Crippen LogP contribution in [0.15, 0.2) is 0 Å². The fourth-order valence-corrected chi connectivity index (χ4v) is 0.780. The normalized spacial score (nSPS) is 9.71. The first-order valence-electron chi connectivity index (χ1n) is 4.37. The molecule has 0 aliphatic heterocycles. The summed E-state index contributed by atoms with van der Waals surface area (Å²) in [7, 11) is -5.17. The van der Waals surface area contributed by atoms with Crippen LogP contribution in [-0.2, 0) is 10.4 Å². The van der Waals surface area contributed by atoms with Gasteiger partial charge in [-0.2, -0.15) is 6.42 Å². The van der Waals surface area contributed by atoms with E-state index in [1.54, 1.807) is 0 Å². The number of rotatable bonds is 5. The minimum atomic E-state index is -5.17. The molecule has 0 saturated heterocycles. The molecule has 0 fully saturated rings. The van der Waals surface area contributed by atoms with Gasteiger partial charge in [0.2, 0.25) is 0 Å². The summed E-state index contributed by atoms with van der Waals surface area (Å²) in [6, 6.07) is 0. The molecule has 0 aliphatic rings. The maximum atomic E-state index is 8.52. The summed E-state index contributed by atoms with van der Waals surface area (Å²) in [4.78, 5) is 0. The number of hydrogen-bond donors (Lipinski definition) is 0. The summed E-state index contributed by atoms with van der Waals surface area (Å²) in [5, 5.41) is 0. The predicted octanol–water partition coefficient (Wildman–Crippen LogP) is -1.15. The van der Waals surface area contributed by atoms with Crippen LogP contribution < -0.4 is 29.6 Å². The van der Waals surface area contributed by atoms with Crippen LogP contribution in [0.25, 0.3) is 0 Å². The second kappa shape index (κ2) is 13.9. The van der Waals surface area contributed by atoms with Crippen LogP contribution in [0.5, 0.6) is 0 Å². The zero-order valence-corrected chi connectivity index (χ0v) is 11.8. The molecule has 0 aromatic rings. The van der Waals surface area contributed by atoms with E-state index in [9.17, 15) is 0 Å². The van der Waals surface area contributed by atoms with Gasteiger partial charge in [-0.3, -0.25) is 8.42 Å². The van der Waals surface area contributed by atoms with E-state index in [-0.39, 0.29) is 29.6 Å². The Morgan fingerprint density at radius 2 is 1.43 bits per heavy atom. The summed E-state index contributed by atoms with van der Waals surface area (Å²) < 4.78 is 34.1. The van der Waals surface area contributed by atoms with E-state index < -0.39 is 10.4 Å². The molecule has 0 saturated carbocycles. The second-order valence-electron chi connectivity index (χ2n) is 2.68. The van der Waals surface area contributed by atoms with E-state index >= 15 is 0 Å². The first-order valence-corrected chi connectivity index (χ1v) is 5.71. The summed E-state index contributed by atoms with van der Waals surface area (Å²) in [6.45, 7) is 6.02. The molecule has 14 heavy (non-hydrogen) atoms. The molecule has 0 rings (SSSR count). The second-order valence-corrected chi connectivity index (χ2v) is 3.49. The number of unbranched alkanes of at least 4 members (excludes halogenated alkanes) is 5. The molecule has 6 heteroatoms. The molecule has 0 amide bonds. The molecule has 0 aliphatic carbocycles. The van der Waals surface area contributed by atoms with Gasteiger partial charge >= 0.3 is 29.6 Å². The summed E-state index contributed by atoms with van der Waals surface area (Å²) in [6.07, 6.45) is 7.98. The minimum Gasteiger partial charge on any atom is -0.759 e. The van der Waals surface area contributed by atoms with Crippen LogP contribution in [0, 0.1) is 6.92 Å². The molecular weight excluding hydrogens is 215 g/mol. The fraction of sp³-hybridized carbons (Fsp3) is 0.875. The quantitative estimate of drug-likeness (QED) is 0.197. The van der Waals surface area contributed by atoms with Crippen molar-refractivity contribution in [1.29, 1.82) is 0 Å². The third-order valence-electron chi connectivity index (χ3n) is 1.35. The van der Waals surface area contributed by atoms with Crippen molar-refractivity contribution in [2.45, 2.75) is 45.4 Å². The Bertz CT molecular complexity index is 166. The van der Waals surface area contributed by atoms with Gasteiger partial charge in [0.15, 0.2) is 0 Å². The Kier molecular flexibility index (Phi) is 20.1. The molecule has 0 aromatic carbocycles. The fourth-order valence-electron chi connectivity index (χ4n) is 0.780. The number of hydrogen-bond acceptors (Lipinski definition) is 4. The Labute approximate surface area is 109 Å². The van der Waals surface area contributed by atoms with Crippen molar-refractivity contribution in [2.75, 3.05) is 0 Å². The molecule has 0 atom stereocenters. The van der Waals surface area contributed by atoms with E-state index in [4.69, 9.17) is 17.5 Å². The smallest absolute Gasteiger partial charge is 0.759 e. The first-order chi connectivity index (χ1) is 5.91. The Balaban J connectivity index is -0.000000177. The van der Waals surface area contributed by atoms with E-state index in [1.165, 1.54) is 32.1 Å². The van der Waals surface area contributed by atoms with E-state index in [0.717, 1.165) is 6.42 Å². The largest absolute Gasteiger partial charge is 1.00 e. The Morgan fingerprint density at radius 3 is 1.71 bits per heavy atom. The Morgan fingerprint density at radius 1 is 1.07 bits per heavy atom. The molecule has 0 radical (unpaired) electrons. The van der Waals surface area contributed by atoms with Crippen LogP contribution in [-0.4, -0.2) is 17.5 Å². The molecule has 4 nitrogen and oxygen atoms in total. The van der Waals surface area contributed by atoms with Crippen molar-refractivity contribution in [3.8, 4) is 0 Å². The van der Waals surface area contributed by atoms with E-state index in [0.29, 0.717) is 0 Å². The van der Waals surface area contributed by atoms with Crippen LogP contribution in [0.2, 0.25) is 0 Å². The van der Waals surface area contributed by atoms with E-state index in [2.05, 4.69) is 13.8 Å². The monoisotopic (exact) mass is 232 g/mol. The predicted molar refractivity (Wildman–Crippen MR) is 49.2 cm³/mol. The van der Waals surface area contributed by atoms with Crippen molar-refractivity contribution in [3.63, 3.8) is 0 Å². The molecule has 0 N–H and O–H groups in total. The van der Waals surface area contributed by atoms with Gasteiger partial charge in [0.25, 0.3) is 0 Å². The van der Waals surface area contributed by atoms with E-state index in [1.807, 2.05) is 0 Å². The third-order valence-corrected chi connectivity index (χ3v) is 1.35. The molecule has 0 aromatic heterocycles. The zero-order chi connectivity index (χ0) is 10.7. The van der Waals surface area contributed by atoms with Gasteiger partial charge in [0.1, 0.15) is 0 Å². The van der Waals surface area contributed by atoms with Crippen LogP contribution in [0.1, 0.15) is 45.4 Å². The zero-order valence-electron chi connectivity index (χ0n) is 8.99. The average Bonchev–Trinajstić information content (AvgIpc) is 1.95. The maximum Gasteiger partial charge on any atom is 1.00 e. The average molecular weight is 232 g/mol. The topological polar surface area (TPSA) is 80.3 Å². The van der Waals surface area contributed by atoms with Gasteiger partial charge in [-0.25, -0.2) is 0 Å². The molecular formula is C8H17NaO4S-2. The van der Waals surface area contributed by atoms with Gasteiger partial charge in [0.05, 0.1) is 0 Å². The van der Waals surface area contributed by atoms with Gasteiger partial charge < -0.3 is 16.0 Å². The molecule has 82 valence electrons. The van der Waals surface area contributed by atoms with Crippen LogP contribution in [0.4, 0.5) is 0 Å². The first kappa shape index (κ1) is 20.3. The SMILES string of the molecule is O=S(=O)([O-])[O-].[CH2-]CCCCCCC.[Na+]. The standard InChI is InChI=1S/C8H17.Na.H2O4S/c1-3-5-7-8-6-4-2;;1-5(2,3)4/h1,3-8H2,2H3;;(H2,1,2,3,4)/q-1;+1;/p-2. The van der Waals surface area contributed by atoms with Gasteiger partial charge in [-0.05, 0) is 0 Å². The van der Waals surface area contributed by atoms with Crippen molar-refractivity contribution in [1.82, 2.24) is 0 Å². The van der Waals surface area contributed by atoms with Gasteiger partial charge in [-0.1, -0.05) is 39.0 Å². The molecule has 0 heterocycles. The van der Waals surface area contributed by atoms with Gasteiger partial charge in [0, 0.05) is 10.4 Å². The maximum absolute atomic E-state index is 8.52. The van der Waals surface area contributed by atoms with Crippen molar-refractivity contribution >= 4 is 10.4 Å².